The van der Waals surface area contributed by atoms with Crippen molar-refractivity contribution in [1.82, 2.24) is 10.8 Å². The van der Waals surface area contributed by atoms with Gasteiger partial charge in [-0.25, -0.2) is 4.57 Å². The van der Waals surface area contributed by atoms with Gasteiger partial charge in [-0.1, -0.05) is 13.8 Å². The number of rotatable bonds is 12. The fourth-order valence-corrected chi connectivity index (χ4v) is 2.15. The van der Waals surface area contributed by atoms with Crippen molar-refractivity contribution in [1.29, 1.82) is 0 Å². The van der Waals surface area contributed by atoms with Crippen molar-refractivity contribution in [3.8, 4) is 0 Å². The number of carbonyl (C=O) groups excluding carboxylic acids is 2. The van der Waals surface area contributed by atoms with Crippen LogP contribution in [0.1, 0.15) is 20.3 Å². The number of aliphatic hydroxyl groups is 1. The molecule has 0 spiro atoms. The van der Waals surface area contributed by atoms with Crippen LogP contribution in [0, 0.1) is 5.41 Å². The van der Waals surface area contributed by atoms with Crippen molar-refractivity contribution >= 4 is 38.3 Å². The number of phosphoric ester groups is 1. The molecule has 0 radical (unpaired) electrons. The van der Waals surface area contributed by atoms with Crippen LogP contribution in [0.3, 0.4) is 0 Å². The Kier molecular flexibility index (Phi) is 10.3. The van der Waals surface area contributed by atoms with E-state index >= 15 is 0 Å². The largest absolute Gasteiger partial charge is 0.480 e. The highest BCUT2D eigenvalue weighted by Gasteiger charge is 2.35. The fraction of sp³-hybridized carbons (Fsp3) is 0.750. The highest BCUT2D eigenvalue weighted by molar-refractivity contribution is 7.80. The molecule has 0 rings (SSSR count). The smallest absolute Gasteiger partial charge is 0.469 e. The first kappa shape index (κ1) is 24.8. The minimum atomic E-state index is -4.75. The molecular weight excluding hydrogens is 395 g/mol. The Morgan fingerprint density at radius 2 is 1.85 bits per heavy atom. The van der Waals surface area contributed by atoms with E-state index < -0.39 is 49.8 Å². The number of phosphoric acid groups is 1. The molecule has 2 atom stereocenters. The predicted molar refractivity (Wildman–Crippen MR) is 89.9 cm³/mol. The summed E-state index contributed by atoms with van der Waals surface area (Å²) < 4.78 is 15.0. The van der Waals surface area contributed by atoms with Gasteiger partial charge < -0.3 is 30.2 Å². The number of hydroxylamine groups is 1. The highest BCUT2D eigenvalue weighted by atomic mass is 32.1. The Balaban J connectivity index is 4.29. The summed E-state index contributed by atoms with van der Waals surface area (Å²) in [6.07, 6.45) is -1.98. The maximum absolute atomic E-state index is 11.8. The van der Waals surface area contributed by atoms with Crippen molar-refractivity contribution in [3.05, 3.63) is 0 Å². The van der Waals surface area contributed by atoms with E-state index in [-0.39, 0.29) is 18.7 Å². The summed E-state index contributed by atoms with van der Waals surface area (Å²) >= 11 is 3.76. The van der Waals surface area contributed by atoms with Crippen LogP contribution in [-0.4, -0.2) is 68.9 Å². The van der Waals surface area contributed by atoms with Crippen LogP contribution in [0.4, 0.5) is 0 Å². The molecule has 0 aliphatic rings. The summed E-state index contributed by atoms with van der Waals surface area (Å²) in [6.45, 7) is 1.91. The van der Waals surface area contributed by atoms with E-state index in [1.165, 1.54) is 13.8 Å². The van der Waals surface area contributed by atoms with E-state index in [2.05, 4.69) is 27.3 Å². The molecular formula is C12H23N2O10PS. The van der Waals surface area contributed by atoms with Crippen molar-refractivity contribution < 1.29 is 48.3 Å². The maximum Gasteiger partial charge on any atom is 0.469 e. The summed E-state index contributed by atoms with van der Waals surface area (Å²) in [5.41, 5.74) is 0.696. The Labute approximate surface area is 154 Å². The average molecular weight is 418 g/mol. The van der Waals surface area contributed by atoms with Crippen LogP contribution in [-0.2, 0) is 28.3 Å². The number of amides is 1. The zero-order valence-electron chi connectivity index (χ0n) is 14.1. The van der Waals surface area contributed by atoms with Crippen molar-refractivity contribution in [3.63, 3.8) is 0 Å². The third kappa shape index (κ3) is 10.1. The van der Waals surface area contributed by atoms with Crippen molar-refractivity contribution in [2.24, 2.45) is 5.41 Å². The van der Waals surface area contributed by atoms with Crippen molar-refractivity contribution in [2.75, 3.05) is 18.9 Å². The van der Waals surface area contributed by atoms with E-state index in [9.17, 15) is 24.1 Å². The van der Waals surface area contributed by atoms with Crippen LogP contribution in [0.2, 0.25) is 0 Å². The molecule has 26 heavy (non-hydrogen) atoms. The average Bonchev–Trinajstić information content (AvgIpc) is 2.51. The number of carboxylic acids is 1. The molecule has 0 bridgehead atoms. The van der Waals surface area contributed by atoms with E-state index in [0.717, 1.165) is 0 Å². The highest BCUT2D eigenvalue weighted by Crippen LogP contribution is 2.38. The van der Waals surface area contributed by atoms with Gasteiger partial charge in [0, 0.05) is 17.7 Å². The van der Waals surface area contributed by atoms with E-state index in [4.69, 9.17) is 14.9 Å². The monoisotopic (exact) mass is 418 g/mol. The summed E-state index contributed by atoms with van der Waals surface area (Å²) in [5.74, 6) is -3.11. The van der Waals surface area contributed by atoms with Gasteiger partial charge in [0.25, 0.3) is 0 Å². The first-order chi connectivity index (χ1) is 11.8. The molecule has 0 heterocycles. The van der Waals surface area contributed by atoms with Gasteiger partial charge >= 0.3 is 19.8 Å². The lowest BCUT2D eigenvalue weighted by Crippen LogP contribution is -2.46. The molecule has 0 fully saturated rings. The van der Waals surface area contributed by atoms with Gasteiger partial charge in [-0.3, -0.25) is 18.9 Å². The molecule has 0 aromatic rings. The summed E-state index contributed by atoms with van der Waals surface area (Å²) in [6, 6.07) is -1.19. The third-order valence-electron chi connectivity index (χ3n) is 3.02. The second-order valence-corrected chi connectivity index (χ2v) is 7.47. The van der Waals surface area contributed by atoms with Gasteiger partial charge in [0.15, 0.2) is 0 Å². The molecule has 6 N–H and O–H groups in total. The quantitative estimate of drug-likeness (QED) is 0.110. The number of thiol groups is 1. The molecule has 0 saturated heterocycles. The van der Waals surface area contributed by atoms with Crippen LogP contribution in [0.5, 0.6) is 0 Å². The molecule has 14 heteroatoms. The number of hydrogen-bond acceptors (Lipinski definition) is 9. The van der Waals surface area contributed by atoms with Crippen LogP contribution >= 0.6 is 20.5 Å². The number of hydrogen-bond donors (Lipinski definition) is 7. The predicted octanol–water partition coefficient (Wildman–Crippen LogP) is -1.58. The molecule has 0 aromatic heterocycles. The topological polar surface area (TPSA) is 192 Å². The van der Waals surface area contributed by atoms with Gasteiger partial charge in [-0.05, 0) is 0 Å². The Hall–Kier alpha value is -1.21. The fourth-order valence-electron chi connectivity index (χ4n) is 1.42. The standard InChI is InChI=1S/C12H23N2O10PS/c1-12(2,6-23-25(20,21)22)9(16)10(17)13-4-3-8(15)24-14-7(5-26)11(18)19/h7,9,14,16,26H,3-6H2,1-2H3,(H,13,17)(H,18,19)(H2,20,21,22)/t7-,9-/m0/s1. The molecule has 152 valence electrons. The summed E-state index contributed by atoms with van der Waals surface area (Å²) in [5, 5.41) is 20.9. The Bertz CT molecular complexity index is 552. The van der Waals surface area contributed by atoms with Gasteiger partial charge in [0.2, 0.25) is 5.91 Å². The SMILES string of the molecule is CC(C)(COP(=O)(O)O)[C@@H](O)C(=O)NCCC(=O)ON[C@@H](CS)C(=O)O. The number of carbonyl (C=O) groups is 3. The maximum atomic E-state index is 11.8. The second kappa shape index (κ2) is 10.8. The Morgan fingerprint density at radius 1 is 1.27 bits per heavy atom. The van der Waals surface area contributed by atoms with Crippen LogP contribution in [0.15, 0.2) is 0 Å². The molecule has 12 nitrogen and oxygen atoms in total. The molecule has 0 aliphatic carbocycles. The molecule has 0 aliphatic heterocycles. The molecule has 0 aromatic carbocycles. The lowest BCUT2D eigenvalue weighted by Gasteiger charge is -2.29. The van der Waals surface area contributed by atoms with Gasteiger partial charge in [-0.15, -0.1) is 5.48 Å². The second-order valence-electron chi connectivity index (χ2n) is 5.86. The molecule has 0 saturated carbocycles. The lowest BCUT2D eigenvalue weighted by molar-refractivity contribution is -0.157. The minimum absolute atomic E-state index is 0.114. The zero-order valence-corrected chi connectivity index (χ0v) is 15.9. The normalized spacial score (nSPS) is 14.4. The first-order valence-electron chi connectivity index (χ1n) is 7.25. The van der Waals surface area contributed by atoms with E-state index in [0.29, 0.717) is 0 Å². The zero-order chi connectivity index (χ0) is 20.5. The van der Waals surface area contributed by atoms with E-state index in [1.54, 1.807) is 0 Å². The Morgan fingerprint density at radius 3 is 2.31 bits per heavy atom. The van der Waals surface area contributed by atoms with E-state index in [1.807, 2.05) is 5.48 Å². The van der Waals surface area contributed by atoms with Gasteiger partial charge in [-0.2, -0.15) is 12.6 Å². The van der Waals surface area contributed by atoms with Crippen LogP contribution < -0.4 is 10.8 Å². The lowest BCUT2D eigenvalue weighted by atomic mass is 9.87. The number of aliphatic hydroxyl groups excluding tert-OH is 1. The number of nitrogens with one attached hydrogen (secondary N) is 2. The van der Waals surface area contributed by atoms with Gasteiger partial charge in [0.05, 0.1) is 13.0 Å². The minimum Gasteiger partial charge on any atom is -0.480 e. The number of carboxylic acid groups (broad SMARTS) is 1. The first-order valence-corrected chi connectivity index (χ1v) is 9.41. The van der Waals surface area contributed by atoms with Gasteiger partial charge in [0.1, 0.15) is 12.1 Å². The number of aliphatic carboxylic acids is 1. The summed E-state index contributed by atoms with van der Waals surface area (Å²) in [7, 11) is -4.75. The molecule has 1 amide bonds. The van der Waals surface area contributed by atoms with Crippen molar-refractivity contribution in [2.45, 2.75) is 32.4 Å². The summed E-state index contributed by atoms with van der Waals surface area (Å²) in [4.78, 5) is 55.7. The third-order valence-corrected chi connectivity index (χ3v) is 3.85. The molecule has 0 unspecified atom stereocenters. The van der Waals surface area contributed by atoms with Crippen LogP contribution in [0.25, 0.3) is 0 Å².